The molecule has 0 aromatic heterocycles. The zero-order chi connectivity index (χ0) is 15.2. The number of halogens is 4. The van der Waals surface area contributed by atoms with Crippen molar-refractivity contribution < 1.29 is 22.6 Å². The minimum absolute atomic E-state index is 0.0919. The minimum atomic E-state index is -4.42. The molecule has 0 heterocycles. The van der Waals surface area contributed by atoms with E-state index in [1.165, 1.54) is 7.11 Å². The molecule has 114 valence electrons. The molecule has 1 rings (SSSR count). The van der Waals surface area contributed by atoms with Crippen molar-refractivity contribution >= 4 is 11.6 Å². The Kier molecular flexibility index (Phi) is 6.42. The fraction of sp³-hybridized carbons (Fsp3) is 0.538. The molecule has 1 aromatic rings. The molecule has 0 atom stereocenters. The SMILES string of the molecule is CCCNCc1cc(Cl)c(OCC(F)(F)F)c(OC)c1. The molecule has 1 aromatic carbocycles. The van der Waals surface area contributed by atoms with Crippen LogP contribution in [0.5, 0.6) is 11.5 Å². The maximum Gasteiger partial charge on any atom is 0.422 e. The quantitative estimate of drug-likeness (QED) is 0.777. The van der Waals surface area contributed by atoms with Crippen molar-refractivity contribution in [3.05, 3.63) is 22.7 Å². The highest BCUT2D eigenvalue weighted by Gasteiger charge is 2.29. The smallest absolute Gasteiger partial charge is 0.422 e. The van der Waals surface area contributed by atoms with Crippen LogP contribution in [0.15, 0.2) is 12.1 Å². The van der Waals surface area contributed by atoms with Crippen LogP contribution < -0.4 is 14.8 Å². The van der Waals surface area contributed by atoms with Gasteiger partial charge < -0.3 is 14.8 Å². The molecule has 1 N–H and O–H groups in total. The lowest BCUT2D eigenvalue weighted by atomic mass is 10.2. The largest absolute Gasteiger partial charge is 0.493 e. The summed E-state index contributed by atoms with van der Waals surface area (Å²) in [4.78, 5) is 0. The summed E-state index contributed by atoms with van der Waals surface area (Å²) in [5.74, 6) is 0.0979. The normalized spacial score (nSPS) is 11.5. The van der Waals surface area contributed by atoms with Crippen molar-refractivity contribution in [1.29, 1.82) is 0 Å². The van der Waals surface area contributed by atoms with Crippen LogP contribution in [0.1, 0.15) is 18.9 Å². The third kappa shape index (κ3) is 5.46. The number of rotatable bonds is 7. The van der Waals surface area contributed by atoms with Crippen LogP contribution in [0.2, 0.25) is 5.02 Å². The van der Waals surface area contributed by atoms with Crippen LogP contribution in [0.3, 0.4) is 0 Å². The molecule has 0 radical (unpaired) electrons. The maximum absolute atomic E-state index is 12.2. The van der Waals surface area contributed by atoms with Crippen LogP contribution in [-0.4, -0.2) is 26.4 Å². The number of methoxy groups -OCH3 is 1. The lowest BCUT2D eigenvalue weighted by molar-refractivity contribution is -0.153. The molecule has 20 heavy (non-hydrogen) atoms. The molecular weight excluding hydrogens is 295 g/mol. The fourth-order valence-corrected chi connectivity index (χ4v) is 1.87. The molecule has 7 heteroatoms. The van der Waals surface area contributed by atoms with E-state index in [-0.39, 0.29) is 16.5 Å². The molecule has 0 aliphatic carbocycles. The Hall–Kier alpha value is -1.14. The summed E-state index contributed by atoms with van der Waals surface area (Å²) in [6.07, 6.45) is -3.44. The molecule has 0 aliphatic heterocycles. The number of alkyl halides is 3. The van der Waals surface area contributed by atoms with Gasteiger partial charge in [-0.2, -0.15) is 13.2 Å². The lowest BCUT2D eigenvalue weighted by Crippen LogP contribution is -2.20. The second kappa shape index (κ2) is 7.59. The standard InChI is InChI=1S/C13H17ClF3NO2/c1-3-4-18-7-9-5-10(14)12(11(6-9)19-2)20-8-13(15,16)17/h5-6,18H,3-4,7-8H2,1-2H3. The van der Waals surface area contributed by atoms with Crippen LogP contribution >= 0.6 is 11.6 Å². The molecule has 0 spiro atoms. The summed E-state index contributed by atoms with van der Waals surface area (Å²) in [6.45, 7) is 2.03. The Balaban J connectivity index is 2.84. The predicted octanol–water partition coefficient (Wildman–Crippen LogP) is 3.79. The third-order valence-electron chi connectivity index (χ3n) is 2.43. The van der Waals surface area contributed by atoms with Gasteiger partial charge in [-0.05, 0) is 30.7 Å². The van der Waals surface area contributed by atoms with Crippen molar-refractivity contribution in [3.63, 3.8) is 0 Å². The van der Waals surface area contributed by atoms with E-state index in [0.29, 0.717) is 6.54 Å². The summed E-state index contributed by atoms with van der Waals surface area (Å²) < 4.78 is 46.3. The third-order valence-corrected chi connectivity index (χ3v) is 2.71. The van der Waals surface area contributed by atoms with Gasteiger partial charge in [0.15, 0.2) is 18.1 Å². The predicted molar refractivity (Wildman–Crippen MR) is 71.6 cm³/mol. The van der Waals surface area contributed by atoms with Gasteiger partial charge in [-0.3, -0.25) is 0 Å². The first-order valence-corrected chi connectivity index (χ1v) is 6.52. The summed E-state index contributed by atoms with van der Waals surface area (Å²) in [5.41, 5.74) is 0.819. The lowest BCUT2D eigenvalue weighted by Gasteiger charge is -2.15. The van der Waals surface area contributed by atoms with E-state index in [1.807, 2.05) is 6.92 Å². The zero-order valence-electron chi connectivity index (χ0n) is 11.3. The van der Waals surface area contributed by atoms with Crippen LogP contribution in [0.4, 0.5) is 13.2 Å². The molecule has 0 aliphatic rings. The van der Waals surface area contributed by atoms with Crippen LogP contribution in [0, 0.1) is 0 Å². The van der Waals surface area contributed by atoms with Crippen LogP contribution in [0.25, 0.3) is 0 Å². The van der Waals surface area contributed by atoms with Gasteiger partial charge in [-0.1, -0.05) is 18.5 Å². The Morgan fingerprint density at radius 1 is 1.30 bits per heavy atom. The van der Waals surface area contributed by atoms with E-state index in [2.05, 4.69) is 5.32 Å². The maximum atomic E-state index is 12.2. The van der Waals surface area contributed by atoms with Gasteiger partial charge in [-0.25, -0.2) is 0 Å². The first kappa shape index (κ1) is 16.9. The number of ether oxygens (including phenoxy) is 2. The Labute approximate surface area is 121 Å². The average Bonchev–Trinajstić information content (AvgIpc) is 2.36. The Morgan fingerprint density at radius 3 is 2.55 bits per heavy atom. The number of hydrogen-bond acceptors (Lipinski definition) is 3. The zero-order valence-corrected chi connectivity index (χ0v) is 12.1. The summed E-state index contributed by atoms with van der Waals surface area (Å²) in [6, 6.07) is 3.18. The minimum Gasteiger partial charge on any atom is -0.493 e. The van der Waals surface area contributed by atoms with Gasteiger partial charge in [0, 0.05) is 6.54 Å². The van der Waals surface area contributed by atoms with E-state index >= 15 is 0 Å². The number of hydrogen-bond donors (Lipinski definition) is 1. The van der Waals surface area contributed by atoms with E-state index in [0.717, 1.165) is 18.5 Å². The van der Waals surface area contributed by atoms with E-state index < -0.39 is 12.8 Å². The fourth-order valence-electron chi connectivity index (χ4n) is 1.58. The summed E-state index contributed by atoms with van der Waals surface area (Å²) in [5, 5.41) is 3.27. The molecule has 0 amide bonds. The Bertz CT molecular complexity index is 438. The summed E-state index contributed by atoms with van der Waals surface area (Å²) in [7, 11) is 1.36. The summed E-state index contributed by atoms with van der Waals surface area (Å²) >= 11 is 5.95. The van der Waals surface area contributed by atoms with Gasteiger partial charge in [0.05, 0.1) is 12.1 Å². The van der Waals surface area contributed by atoms with E-state index in [4.69, 9.17) is 21.1 Å². The molecule has 0 unspecified atom stereocenters. The van der Waals surface area contributed by atoms with Gasteiger partial charge >= 0.3 is 6.18 Å². The molecule has 0 saturated heterocycles. The van der Waals surface area contributed by atoms with E-state index in [9.17, 15) is 13.2 Å². The van der Waals surface area contributed by atoms with Gasteiger partial charge in [0.2, 0.25) is 0 Å². The van der Waals surface area contributed by atoms with Crippen molar-refractivity contribution in [2.75, 3.05) is 20.3 Å². The molecular formula is C13H17ClF3NO2. The van der Waals surface area contributed by atoms with Crippen molar-refractivity contribution in [2.45, 2.75) is 26.1 Å². The topological polar surface area (TPSA) is 30.5 Å². The average molecular weight is 312 g/mol. The van der Waals surface area contributed by atoms with Crippen LogP contribution in [-0.2, 0) is 6.54 Å². The van der Waals surface area contributed by atoms with Crippen molar-refractivity contribution in [2.24, 2.45) is 0 Å². The first-order valence-electron chi connectivity index (χ1n) is 6.14. The number of nitrogens with one attached hydrogen (secondary N) is 1. The number of benzene rings is 1. The highest BCUT2D eigenvalue weighted by Crippen LogP contribution is 2.37. The molecule has 0 saturated carbocycles. The molecule has 3 nitrogen and oxygen atoms in total. The monoisotopic (exact) mass is 311 g/mol. The molecule has 0 fully saturated rings. The van der Waals surface area contributed by atoms with Gasteiger partial charge in [0.1, 0.15) is 0 Å². The first-order chi connectivity index (χ1) is 9.37. The second-order valence-corrected chi connectivity index (χ2v) is 4.60. The van der Waals surface area contributed by atoms with Gasteiger partial charge in [-0.15, -0.1) is 0 Å². The highest BCUT2D eigenvalue weighted by molar-refractivity contribution is 6.32. The van der Waals surface area contributed by atoms with Gasteiger partial charge in [0.25, 0.3) is 0 Å². The van der Waals surface area contributed by atoms with E-state index in [1.54, 1.807) is 12.1 Å². The Morgan fingerprint density at radius 2 is 2.00 bits per heavy atom. The van der Waals surface area contributed by atoms with Crippen molar-refractivity contribution in [1.82, 2.24) is 5.32 Å². The second-order valence-electron chi connectivity index (χ2n) is 4.19. The molecule has 0 bridgehead atoms. The highest BCUT2D eigenvalue weighted by atomic mass is 35.5. The van der Waals surface area contributed by atoms with Crippen molar-refractivity contribution in [3.8, 4) is 11.5 Å².